The Kier molecular flexibility index (Phi) is 6.68. The maximum atomic E-state index is 13.6. The number of hydrogen-bond acceptors (Lipinski definition) is 4. The van der Waals surface area contributed by atoms with Crippen LogP contribution in [0.1, 0.15) is 36.8 Å². The van der Waals surface area contributed by atoms with Crippen molar-refractivity contribution in [2.75, 3.05) is 0 Å². The first-order valence-corrected chi connectivity index (χ1v) is 12.2. The molecule has 0 aliphatic carbocycles. The highest BCUT2D eigenvalue weighted by Gasteiger charge is 2.37. The maximum Gasteiger partial charge on any atom is 0.408 e. The van der Waals surface area contributed by atoms with Crippen LogP contribution in [0.3, 0.4) is 0 Å². The average molecular weight is 498 g/mol. The Morgan fingerprint density at radius 1 is 1.03 bits per heavy atom. The van der Waals surface area contributed by atoms with E-state index in [1.165, 1.54) is 0 Å². The van der Waals surface area contributed by atoms with Crippen LogP contribution in [-0.4, -0.2) is 22.5 Å². The summed E-state index contributed by atoms with van der Waals surface area (Å²) in [7, 11) is 0. The number of fused-ring (bicyclic) bond motifs is 2. The molecule has 0 unspecified atom stereocenters. The number of H-pyrrole nitrogens is 1. The van der Waals surface area contributed by atoms with E-state index in [0.717, 1.165) is 33.0 Å². The Morgan fingerprint density at radius 2 is 1.76 bits per heavy atom. The Balaban J connectivity index is 1.34. The van der Waals surface area contributed by atoms with Gasteiger partial charge in [-0.3, -0.25) is 4.79 Å². The summed E-state index contributed by atoms with van der Waals surface area (Å²) in [6, 6.07) is 26.7. The molecular weight excluding hydrogens is 468 g/mol. The Morgan fingerprint density at radius 3 is 2.57 bits per heavy atom. The van der Waals surface area contributed by atoms with Gasteiger partial charge in [-0.05, 0) is 43.2 Å². The quantitative estimate of drug-likeness (QED) is 0.244. The summed E-state index contributed by atoms with van der Waals surface area (Å²) in [5.41, 5.74) is 2.29. The topological polar surface area (TPSA) is 96.4 Å². The van der Waals surface area contributed by atoms with E-state index in [1.807, 2.05) is 98.0 Å². The number of benzene rings is 3. The number of ether oxygens (including phenoxy) is 1. The molecular formula is C30H29N3O4. The number of aromatic nitrogens is 1. The van der Waals surface area contributed by atoms with E-state index in [-0.39, 0.29) is 25.0 Å². The first-order valence-electron chi connectivity index (χ1n) is 12.2. The molecule has 0 saturated carbocycles. The summed E-state index contributed by atoms with van der Waals surface area (Å²) >= 11 is 0. The molecule has 2 atom stereocenters. The van der Waals surface area contributed by atoms with Gasteiger partial charge < -0.3 is 24.8 Å². The SMILES string of the molecule is C[C@H](NC(=O)[C@@]([14CH3])(Cc1c[nH]c2ccccc12)NC(=O)OCc1cc2ccccc2o1)c1ccccc1. The summed E-state index contributed by atoms with van der Waals surface area (Å²) in [6.45, 7) is 3.58. The first kappa shape index (κ1) is 24.2. The predicted octanol–water partition coefficient (Wildman–Crippen LogP) is 6.02. The Labute approximate surface area is 214 Å². The molecule has 7 nitrogen and oxygen atoms in total. The molecule has 2 aromatic heterocycles. The molecule has 0 fully saturated rings. The highest BCUT2D eigenvalue weighted by atomic mass is 16.6. The second-order valence-electron chi connectivity index (χ2n) is 9.43. The third-order valence-electron chi connectivity index (χ3n) is 6.57. The predicted molar refractivity (Wildman–Crippen MR) is 143 cm³/mol. The molecule has 0 saturated heterocycles. The average Bonchev–Trinajstić information content (AvgIpc) is 3.51. The van der Waals surface area contributed by atoms with Gasteiger partial charge in [0.2, 0.25) is 5.91 Å². The van der Waals surface area contributed by atoms with E-state index >= 15 is 0 Å². The van der Waals surface area contributed by atoms with Crippen molar-refractivity contribution < 1.29 is 18.7 Å². The number of amides is 2. The number of para-hydroxylation sites is 2. The van der Waals surface area contributed by atoms with Crippen molar-refractivity contribution >= 4 is 33.9 Å². The number of aromatic amines is 1. The summed E-state index contributed by atoms with van der Waals surface area (Å²) in [4.78, 5) is 29.8. The van der Waals surface area contributed by atoms with Gasteiger partial charge >= 0.3 is 6.09 Å². The van der Waals surface area contributed by atoms with E-state index in [4.69, 9.17) is 9.15 Å². The number of hydrogen-bond donors (Lipinski definition) is 3. The molecule has 0 bridgehead atoms. The van der Waals surface area contributed by atoms with Crippen LogP contribution in [0.15, 0.2) is 95.5 Å². The normalized spacial score (nSPS) is 13.7. The fourth-order valence-corrected chi connectivity index (χ4v) is 4.53. The van der Waals surface area contributed by atoms with Crippen LogP contribution in [0.5, 0.6) is 0 Å². The highest BCUT2D eigenvalue weighted by Crippen LogP contribution is 2.24. The fourth-order valence-electron chi connectivity index (χ4n) is 4.53. The summed E-state index contributed by atoms with van der Waals surface area (Å²) < 4.78 is 11.2. The van der Waals surface area contributed by atoms with Gasteiger partial charge in [-0.25, -0.2) is 4.79 Å². The molecule has 0 radical (unpaired) electrons. The third kappa shape index (κ3) is 5.35. The van der Waals surface area contributed by atoms with Crippen molar-refractivity contribution in [3.05, 3.63) is 108 Å². The van der Waals surface area contributed by atoms with Crippen LogP contribution in [0, 0.1) is 0 Å². The summed E-state index contributed by atoms with van der Waals surface area (Å²) in [6.07, 6.45) is 1.44. The highest BCUT2D eigenvalue weighted by molar-refractivity contribution is 5.91. The summed E-state index contributed by atoms with van der Waals surface area (Å²) in [5.74, 6) is 0.214. The van der Waals surface area contributed by atoms with Crippen molar-refractivity contribution in [3.8, 4) is 0 Å². The third-order valence-corrected chi connectivity index (χ3v) is 6.57. The lowest BCUT2D eigenvalue weighted by atomic mass is 9.98. The van der Waals surface area contributed by atoms with Crippen LogP contribution in [0.25, 0.3) is 21.9 Å². The lowest BCUT2D eigenvalue weighted by Crippen LogP contribution is -2.58. The molecule has 0 aliphatic rings. The second kappa shape index (κ2) is 10.2. The van der Waals surface area contributed by atoms with E-state index in [1.54, 1.807) is 6.92 Å². The van der Waals surface area contributed by atoms with Gasteiger partial charge in [0, 0.05) is 28.9 Å². The minimum atomic E-state index is -1.28. The minimum Gasteiger partial charge on any atom is -0.457 e. The lowest BCUT2D eigenvalue weighted by molar-refractivity contribution is -0.127. The van der Waals surface area contributed by atoms with Gasteiger partial charge in [0.25, 0.3) is 0 Å². The van der Waals surface area contributed by atoms with Gasteiger partial charge in [0.1, 0.15) is 16.9 Å². The molecule has 0 spiro atoms. The molecule has 2 heterocycles. The van der Waals surface area contributed by atoms with Gasteiger partial charge in [-0.1, -0.05) is 66.7 Å². The largest absolute Gasteiger partial charge is 0.457 e. The zero-order valence-corrected chi connectivity index (χ0v) is 20.8. The molecule has 5 rings (SSSR count). The van der Waals surface area contributed by atoms with E-state index in [0.29, 0.717) is 5.76 Å². The van der Waals surface area contributed by atoms with Crippen LogP contribution in [0.4, 0.5) is 4.79 Å². The van der Waals surface area contributed by atoms with Gasteiger partial charge in [-0.2, -0.15) is 0 Å². The van der Waals surface area contributed by atoms with Crippen molar-refractivity contribution in [1.29, 1.82) is 0 Å². The number of rotatable bonds is 8. The van der Waals surface area contributed by atoms with Gasteiger partial charge in [-0.15, -0.1) is 0 Å². The fraction of sp³-hybridized carbons (Fsp3) is 0.200. The van der Waals surface area contributed by atoms with Crippen LogP contribution in [0.2, 0.25) is 0 Å². The Bertz CT molecular complexity index is 1510. The summed E-state index contributed by atoms with van der Waals surface area (Å²) in [5, 5.41) is 7.81. The first-order chi connectivity index (χ1) is 17.9. The number of carbonyl (C=O) groups is 2. The minimum absolute atomic E-state index is 0.0499. The molecule has 37 heavy (non-hydrogen) atoms. The molecule has 188 valence electrons. The molecule has 5 aromatic rings. The molecule has 7 heteroatoms. The van der Waals surface area contributed by atoms with Gasteiger partial charge in [0.15, 0.2) is 6.61 Å². The van der Waals surface area contributed by atoms with E-state index in [9.17, 15) is 9.59 Å². The zero-order valence-electron chi connectivity index (χ0n) is 20.8. The van der Waals surface area contributed by atoms with Crippen LogP contribution in [-0.2, 0) is 22.6 Å². The monoisotopic (exact) mass is 497 g/mol. The maximum absolute atomic E-state index is 13.6. The van der Waals surface area contributed by atoms with E-state index in [2.05, 4.69) is 15.6 Å². The number of nitrogens with one attached hydrogen (secondary N) is 3. The zero-order chi connectivity index (χ0) is 25.8. The standard InChI is InChI=1S/C30H29N3O4/c1-20(21-10-4-3-5-11-21)32-28(34)30(2,17-23-18-31-26-14-8-7-13-25(23)26)33-29(35)36-19-24-16-22-12-6-9-15-27(22)37-24/h3-16,18,20,31H,17,19H2,1-2H3,(H,32,34)(H,33,35)/t20-,30+/m0/s1/i2+2. The molecule has 0 aliphatic heterocycles. The number of carbonyl (C=O) groups excluding carboxylic acids is 2. The van der Waals surface area contributed by atoms with Crippen molar-refractivity contribution in [1.82, 2.24) is 15.6 Å². The number of alkyl carbamates (subject to hydrolysis) is 1. The smallest absolute Gasteiger partial charge is 0.408 e. The van der Waals surface area contributed by atoms with Crippen LogP contribution < -0.4 is 10.6 Å². The molecule has 3 aromatic carbocycles. The molecule has 3 N–H and O–H groups in total. The molecule has 2 amide bonds. The lowest BCUT2D eigenvalue weighted by Gasteiger charge is -2.30. The van der Waals surface area contributed by atoms with Crippen molar-refractivity contribution in [2.45, 2.75) is 38.5 Å². The van der Waals surface area contributed by atoms with Crippen molar-refractivity contribution in [3.63, 3.8) is 0 Å². The van der Waals surface area contributed by atoms with Crippen LogP contribution >= 0.6 is 0 Å². The second-order valence-corrected chi connectivity index (χ2v) is 9.43. The van der Waals surface area contributed by atoms with Gasteiger partial charge in [0.05, 0.1) is 6.04 Å². The Hall–Kier alpha value is -4.52. The van der Waals surface area contributed by atoms with E-state index < -0.39 is 11.6 Å². The number of furan rings is 1. The van der Waals surface area contributed by atoms with Crippen molar-refractivity contribution in [2.24, 2.45) is 0 Å².